The van der Waals surface area contributed by atoms with E-state index in [1.165, 1.54) is 6.42 Å². The Kier molecular flexibility index (Phi) is 6.67. The second kappa shape index (κ2) is 8.02. The van der Waals surface area contributed by atoms with Gasteiger partial charge in [0.05, 0.1) is 6.07 Å². The zero-order valence-corrected chi connectivity index (χ0v) is 12.5. The van der Waals surface area contributed by atoms with Crippen molar-refractivity contribution in [2.45, 2.75) is 33.1 Å². The first kappa shape index (κ1) is 15.8. The van der Waals surface area contributed by atoms with Crippen LogP contribution < -0.4 is 0 Å². The van der Waals surface area contributed by atoms with E-state index in [1.807, 2.05) is 18.7 Å². The van der Waals surface area contributed by atoms with Gasteiger partial charge in [0.25, 0.3) is 0 Å². The minimum atomic E-state index is 0.502. The monoisotopic (exact) mass is 262 g/mol. The first-order valence-electron chi connectivity index (χ1n) is 7.44. The second-order valence-corrected chi connectivity index (χ2v) is 5.43. The van der Waals surface area contributed by atoms with Gasteiger partial charge in [0.1, 0.15) is 0 Å². The fraction of sp³-hybridized carbons (Fsp3) is 0.867. The van der Waals surface area contributed by atoms with Crippen LogP contribution >= 0.6 is 0 Å². The molecule has 0 saturated carbocycles. The third-order valence-corrected chi connectivity index (χ3v) is 4.32. The molecule has 0 aromatic heterocycles. The SMILES string of the molecule is CC.CN1CCC(C2CCN(C#N)C2)C(CC#N)C1. The Bertz CT molecular complexity index is 341. The summed E-state index contributed by atoms with van der Waals surface area (Å²) in [6, 6.07) is 2.33. The summed E-state index contributed by atoms with van der Waals surface area (Å²) < 4.78 is 0. The summed E-state index contributed by atoms with van der Waals surface area (Å²) in [4.78, 5) is 4.20. The molecule has 4 nitrogen and oxygen atoms in total. The van der Waals surface area contributed by atoms with Crippen LogP contribution in [0.1, 0.15) is 33.1 Å². The molecule has 106 valence electrons. The smallest absolute Gasteiger partial charge is 0.179 e. The zero-order chi connectivity index (χ0) is 14.3. The maximum Gasteiger partial charge on any atom is 0.179 e. The normalized spacial score (nSPS) is 31.0. The van der Waals surface area contributed by atoms with E-state index in [4.69, 9.17) is 10.5 Å². The molecular formula is C15H26N4. The summed E-state index contributed by atoms with van der Waals surface area (Å²) in [5.41, 5.74) is 0. The van der Waals surface area contributed by atoms with Crippen molar-refractivity contribution in [2.24, 2.45) is 17.8 Å². The van der Waals surface area contributed by atoms with Crippen molar-refractivity contribution in [3.8, 4) is 12.3 Å². The summed E-state index contributed by atoms with van der Waals surface area (Å²) in [5.74, 6) is 1.77. The van der Waals surface area contributed by atoms with Crippen molar-refractivity contribution in [3.63, 3.8) is 0 Å². The lowest BCUT2D eigenvalue weighted by Gasteiger charge is -2.38. The number of piperidine rings is 1. The van der Waals surface area contributed by atoms with E-state index < -0.39 is 0 Å². The molecule has 2 aliphatic rings. The number of likely N-dealkylation sites (tertiary alicyclic amines) is 2. The number of hydrogen-bond donors (Lipinski definition) is 0. The third kappa shape index (κ3) is 4.11. The molecule has 0 N–H and O–H groups in total. The van der Waals surface area contributed by atoms with E-state index in [0.717, 1.165) is 32.6 Å². The van der Waals surface area contributed by atoms with E-state index >= 15 is 0 Å². The predicted molar refractivity (Wildman–Crippen MR) is 76.0 cm³/mol. The van der Waals surface area contributed by atoms with Gasteiger partial charge >= 0.3 is 0 Å². The Morgan fingerprint density at radius 2 is 1.84 bits per heavy atom. The molecule has 0 spiro atoms. The van der Waals surface area contributed by atoms with E-state index in [9.17, 15) is 0 Å². The standard InChI is InChI=1S/C13H20N4.C2H6/c1-16-6-4-13(11(8-16)2-5-14)12-3-7-17(9-12)10-15;1-2/h11-13H,2-4,6-9H2,1H3;1-2H3. The molecule has 3 unspecified atom stereocenters. The number of hydrogen-bond acceptors (Lipinski definition) is 4. The predicted octanol–water partition coefficient (Wildman–Crippen LogP) is 2.30. The molecule has 0 aromatic rings. The molecule has 3 atom stereocenters. The van der Waals surface area contributed by atoms with Gasteiger partial charge in [-0.3, -0.25) is 0 Å². The maximum atomic E-state index is 8.93. The van der Waals surface area contributed by atoms with Crippen molar-refractivity contribution in [1.82, 2.24) is 9.80 Å². The van der Waals surface area contributed by atoms with Crippen LogP contribution in [0.4, 0.5) is 0 Å². The number of nitriles is 2. The van der Waals surface area contributed by atoms with E-state index in [-0.39, 0.29) is 0 Å². The first-order valence-corrected chi connectivity index (χ1v) is 7.44. The van der Waals surface area contributed by atoms with Crippen LogP contribution in [0.25, 0.3) is 0 Å². The zero-order valence-electron chi connectivity index (χ0n) is 12.5. The van der Waals surface area contributed by atoms with Crippen molar-refractivity contribution < 1.29 is 0 Å². The van der Waals surface area contributed by atoms with Crippen molar-refractivity contribution in [2.75, 3.05) is 33.2 Å². The van der Waals surface area contributed by atoms with E-state index in [1.54, 1.807) is 0 Å². The second-order valence-electron chi connectivity index (χ2n) is 5.43. The molecule has 0 amide bonds. The summed E-state index contributed by atoms with van der Waals surface area (Å²) >= 11 is 0. The molecule has 2 aliphatic heterocycles. The first-order chi connectivity index (χ1) is 9.24. The van der Waals surface area contributed by atoms with Crippen molar-refractivity contribution >= 4 is 0 Å². The number of rotatable bonds is 2. The van der Waals surface area contributed by atoms with Gasteiger partial charge in [0.15, 0.2) is 6.19 Å². The molecule has 2 fully saturated rings. The van der Waals surface area contributed by atoms with Crippen LogP contribution in [0.2, 0.25) is 0 Å². The van der Waals surface area contributed by atoms with Crippen LogP contribution in [-0.4, -0.2) is 43.0 Å². The van der Waals surface area contributed by atoms with Gasteiger partial charge in [-0.05, 0) is 44.2 Å². The van der Waals surface area contributed by atoms with E-state index in [2.05, 4.69) is 24.2 Å². The Morgan fingerprint density at radius 1 is 1.11 bits per heavy atom. The van der Waals surface area contributed by atoms with Crippen LogP contribution in [0, 0.1) is 40.5 Å². The molecule has 4 heteroatoms. The number of nitrogens with zero attached hydrogens (tertiary/aromatic N) is 4. The Balaban J connectivity index is 0.000000861. The Labute approximate surface area is 117 Å². The molecular weight excluding hydrogens is 236 g/mol. The summed E-state index contributed by atoms with van der Waals surface area (Å²) in [5, 5.41) is 17.8. The van der Waals surface area contributed by atoms with Crippen LogP contribution in [0.3, 0.4) is 0 Å². The Morgan fingerprint density at radius 3 is 2.42 bits per heavy atom. The molecule has 0 radical (unpaired) electrons. The van der Waals surface area contributed by atoms with Crippen LogP contribution in [0.5, 0.6) is 0 Å². The van der Waals surface area contributed by atoms with Crippen LogP contribution in [0.15, 0.2) is 0 Å². The molecule has 0 bridgehead atoms. The molecule has 2 saturated heterocycles. The molecule has 2 rings (SSSR count). The molecule has 0 aliphatic carbocycles. The molecule has 19 heavy (non-hydrogen) atoms. The molecule has 2 heterocycles. The third-order valence-electron chi connectivity index (χ3n) is 4.32. The average Bonchev–Trinajstić information content (AvgIpc) is 2.90. The molecule has 0 aromatic carbocycles. The quantitative estimate of drug-likeness (QED) is 0.717. The highest BCUT2D eigenvalue weighted by Gasteiger charge is 2.36. The van der Waals surface area contributed by atoms with Crippen molar-refractivity contribution in [1.29, 1.82) is 10.5 Å². The Hall–Kier alpha value is -1.26. The van der Waals surface area contributed by atoms with Gasteiger partial charge in [-0.25, -0.2) is 0 Å². The maximum absolute atomic E-state index is 8.93. The highest BCUT2D eigenvalue weighted by molar-refractivity contribution is 4.94. The topological polar surface area (TPSA) is 54.1 Å². The fourth-order valence-electron chi connectivity index (χ4n) is 3.41. The van der Waals surface area contributed by atoms with Gasteiger partial charge in [-0.1, -0.05) is 13.8 Å². The summed E-state index contributed by atoms with van der Waals surface area (Å²) in [7, 11) is 2.14. The van der Waals surface area contributed by atoms with Gasteiger partial charge in [-0.2, -0.15) is 10.5 Å². The van der Waals surface area contributed by atoms with Gasteiger partial charge in [0, 0.05) is 26.1 Å². The lowest BCUT2D eigenvalue weighted by atomic mass is 9.75. The highest BCUT2D eigenvalue weighted by atomic mass is 15.1. The minimum Gasteiger partial charge on any atom is -0.310 e. The minimum absolute atomic E-state index is 0.502. The van der Waals surface area contributed by atoms with E-state index in [0.29, 0.717) is 24.2 Å². The summed E-state index contributed by atoms with van der Waals surface area (Å²) in [6.07, 6.45) is 5.23. The van der Waals surface area contributed by atoms with Gasteiger partial charge in [0.2, 0.25) is 0 Å². The lowest BCUT2D eigenvalue weighted by Crippen LogP contribution is -2.41. The lowest BCUT2D eigenvalue weighted by molar-refractivity contribution is 0.105. The summed E-state index contributed by atoms with van der Waals surface area (Å²) in [6.45, 7) is 8.00. The van der Waals surface area contributed by atoms with Crippen LogP contribution in [-0.2, 0) is 0 Å². The van der Waals surface area contributed by atoms with Gasteiger partial charge < -0.3 is 9.80 Å². The fourth-order valence-corrected chi connectivity index (χ4v) is 3.41. The highest BCUT2D eigenvalue weighted by Crippen LogP contribution is 2.36. The largest absolute Gasteiger partial charge is 0.310 e. The average molecular weight is 262 g/mol. The van der Waals surface area contributed by atoms with Crippen molar-refractivity contribution in [3.05, 3.63) is 0 Å². The van der Waals surface area contributed by atoms with Gasteiger partial charge in [-0.15, -0.1) is 0 Å².